The van der Waals surface area contributed by atoms with Gasteiger partial charge < -0.3 is 0 Å². The fourth-order valence-electron chi connectivity index (χ4n) is 2.83. The molecule has 6 nitrogen and oxygen atoms in total. The number of hydrogen-bond donors (Lipinski definition) is 0. The molecule has 0 radical (unpaired) electrons. The first-order valence-corrected chi connectivity index (χ1v) is 9.27. The van der Waals surface area contributed by atoms with Crippen molar-refractivity contribution in [2.75, 3.05) is 18.1 Å². The molecule has 7 heteroatoms. The van der Waals surface area contributed by atoms with Gasteiger partial charge in [0.1, 0.15) is 0 Å². The highest BCUT2D eigenvalue weighted by Crippen LogP contribution is 2.22. The molecule has 1 fully saturated rings. The third kappa shape index (κ3) is 4.51. The van der Waals surface area contributed by atoms with Crippen LogP contribution in [-0.2, 0) is 16.4 Å². The predicted octanol–water partition coefficient (Wildman–Crippen LogP) is 2.24. The van der Waals surface area contributed by atoms with Gasteiger partial charge in [0, 0.05) is 31.3 Å². The van der Waals surface area contributed by atoms with Gasteiger partial charge in [-0.1, -0.05) is 26.0 Å². The summed E-state index contributed by atoms with van der Waals surface area (Å²) >= 11 is 0. The number of nitro benzene ring substituents is 1. The predicted molar refractivity (Wildman–Crippen MR) is 85.4 cm³/mol. The minimum Gasteiger partial charge on any atom is -0.295 e. The van der Waals surface area contributed by atoms with Crippen LogP contribution in [0, 0.1) is 16.0 Å². The van der Waals surface area contributed by atoms with E-state index in [1.165, 1.54) is 12.1 Å². The molecule has 0 saturated carbocycles. The summed E-state index contributed by atoms with van der Waals surface area (Å²) in [5.74, 6) is 0.903. The monoisotopic (exact) mass is 326 g/mol. The van der Waals surface area contributed by atoms with Crippen molar-refractivity contribution in [3.63, 3.8) is 0 Å². The Morgan fingerprint density at radius 1 is 1.32 bits per heavy atom. The van der Waals surface area contributed by atoms with Crippen LogP contribution in [0.4, 0.5) is 5.69 Å². The summed E-state index contributed by atoms with van der Waals surface area (Å²) in [6, 6.07) is 6.52. The molecular weight excluding hydrogens is 304 g/mol. The first kappa shape index (κ1) is 16.9. The Morgan fingerprint density at radius 2 is 1.95 bits per heavy atom. The second-order valence-electron chi connectivity index (χ2n) is 6.30. The van der Waals surface area contributed by atoms with Crippen molar-refractivity contribution in [3.8, 4) is 0 Å². The van der Waals surface area contributed by atoms with Crippen molar-refractivity contribution in [1.82, 2.24) is 4.90 Å². The topological polar surface area (TPSA) is 80.5 Å². The maximum Gasteiger partial charge on any atom is 0.269 e. The van der Waals surface area contributed by atoms with Gasteiger partial charge in [-0.15, -0.1) is 0 Å². The van der Waals surface area contributed by atoms with Crippen LogP contribution >= 0.6 is 0 Å². The molecule has 1 atom stereocenters. The third-order valence-corrected chi connectivity index (χ3v) is 5.61. The summed E-state index contributed by atoms with van der Waals surface area (Å²) in [5, 5.41) is 10.7. The Hall–Kier alpha value is -1.47. The van der Waals surface area contributed by atoms with Gasteiger partial charge in [-0.05, 0) is 17.9 Å². The molecule has 1 heterocycles. The van der Waals surface area contributed by atoms with Crippen molar-refractivity contribution < 1.29 is 13.3 Å². The molecule has 0 aromatic heterocycles. The lowest BCUT2D eigenvalue weighted by atomic mass is 10.1. The summed E-state index contributed by atoms with van der Waals surface area (Å²) < 4.78 is 23.4. The highest BCUT2D eigenvalue weighted by atomic mass is 32.2. The smallest absolute Gasteiger partial charge is 0.269 e. The maximum atomic E-state index is 11.7. The lowest BCUT2D eigenvalue weighted by Gasteiger charge is -2.29. The van der Waals surface area contributed by atoms with E-state index < -0.39 is 14.8 Å². The number of rotatable bonds is 6. The molecule has 0 bridgehead atoms. The van der Waals surface area contributed by atoms with E-state index in [2.05, 4.69) is 18.7 Å². The minimum atomic E-state index is -2.92. The van der Waals surface area contributed by atoms with E-state index in [0.717, 1.165) is 12.1 Å². The van der Waals surface area contributed by atoms with Gasteiger partial charge in [0.05, 0.1) is 16.4 Å². The number of non-ortho nitro benzene ring substituents is 1. The van der Waals surface area contributed by atoms with Gasteiger partial charge in [-0.3, -0.25) is 15.0 Å². The highest BCUT2D eigenvalue weighted by molar-refractivity contribution is 7.91. The molecule has 1 aliphatic heterocycles. The Labute approximate surface area is 131 Å². The molecule has 0 aliphatic carbocycles. The lowest BCUT2D eigenvalue weighted by Crippen LogP contribution is -2.38. The highest BCUT2D eigenvalue weighted by Gasteiger charge is 2.32. The maximum absolute atomic E-state index is 11.7. The summed E-state index contributed by atoms with van der Waals surface area (Å²) in [6.45, 7) is 5.64. The molecule has 22 heavy (non-hydrogen) atoms. The Bertz CT molecular complexity index is 625. The van der Waals surface area contributed by atoms with Gasteiger partial charge in [0.15, 0.2) is 9.84 Å². The molecule has 0 spiro atoms. The standard InChI is InChI=1S/C15H22N2O4S/c1-12(2)9-16(15-7-8-22(20,21)11-15)10-13-3-5-14(6-4-13)17(18)19/h3-6,12,15H,7-11H2,1-2H3/t15-/m0/s1. The van der Waals surface area contributed by atoms with Crippen LogP contribution in [0.2, 0.25) is 0 Å². The zero-order valence-corrected chi connectivity index (χ0v) is 13.8. The average molecular weight is 326 g/mol. The summed E-state index contributed by atoms with van der Waals surface area (Å²) in [4.78, 5) is 12.5. The second kappa shape index (κ2) is 6.75. The average Bonchev–Trinajstić information content (AvgIpc) is 2.78. The first-order chi connectivity index (χ1) is 10.3. The summed E-state index contributed by atoms with van der Waals surface area (Å²) in [7, 11) is -2.92. The SMILES string of the molecule is CC(C)CN(Cc1ccc([N+](=O)[O-])cc1)[C@H]1CCS(=O)(=O)C1. The summed E-state index contributed by atoms with van der Waals surface area (Å²) in [5.41, 5.74) is 1.04. The molecule has 122 valence electrons. The van der Waals surface area contributed by atoms with E-state index in [9.17, 15) is 18.5 Å². The molecule has 0 N–H and O–H groups in total. The van der Waals surface area contributed by atoms with E-state index in [0.29, 0.717) is 18.9 Å². The van der Waals surface area contributed by atoms with Crippen LogP contribution in [0.25, 0.3) is 0 Å². The van der Waals surface area contributed by atoms with Crippen LogP contribution in [0.3, 0.4) is 0 Å². The van der Waals surface area contributed by atoms with Crippen molar-refractivity contribution in [2.45, 2.75) is 32.9 Å². The fourth-order valence-corrected chi connectivity index (χ4v) is 4.59. The van der Waals surface area contributed by atoms with E-state index in [1.807, 2.05) is 0 Å². The zero-order chi connectivity index (χ0) is 16.3. The zero-order valence-electron chi connectivity index (χ0n) is 12.9. The van der Waals surface area contributed by atoms with E-state index in [1.54, 1.807) is 12.1 Å². The van der Waals surface area contributed by atoms with Crippen LogP contribution in [0.1, 0.15) is 25.8 Å². The van der Waals surface area contributed by atoms with E-state index in [4.69, 9.17) is 0 Å². The Morgan fingerprint density at radius 3 is 2.41 bits per heavy atom. The number of sulfone groups is 1. The van der Waals surface area contributed by atoms with Crippen LogP contribution in [-0.4, -0.2) is 42.3 Å². The molecule has 0 amide bonds. The molecule has 1 saturated heterocycles. The molecule has 1 aromatic carbocycles. The van der Waals surface area contributed by atoms with Gasteiger partial charge in [0.2, 0.25) is 0 Å². The second-order valence-corrected chi connectivity index (χ2v) is 8.53. The molecule has 1 aliphatic rings. The van der Waals surface area contributed by atoms with E-state index in [-0.39, 0.29) is 23.2 Å². The number of nitro groups is 1. The van der Waals surface area contributed by atoms with Gasteiger partial charge in [-0.2, -0.15) is 0 Å². The molecule has 0 unspecified atom stereocenters. The van der Waals surface area contributed by atoms with Crippen molar-refractivity contribution in [3.05, 3.63) is 39.9 Å². The quantitative estimate of drug-likeness (QED) is 0.591. The first-order valence-electron chi connectivity index (χ1n) is 7.44. The molecule has 2 rings (SSSR count). The molecule has 1 aromatic rings. The van der Waals surface area contributed by atoms with Crippen molar-refractivity contribution in [1.29, 1.82) is 0 Å². The van der Waals surface area contributed by atoms with Crippen molar-refractivity contribution in [2.24, 2.45) is 5.92 Å². The van der Waals surface area contributed by atoms with Gasteiger partial charge >= 0.3 is 0 Å². The van der Waals surface area contributed by atoms with E-state index >= 15 is 0 Å². The number of hydrogen-bond acceptors (Lipinski definition) is 5. The minimum absolute atomic E-state index is 0.0441. The number of benzene rings is 1. The van der Waals surface area contributed by atoms with Crippen molar-refractivity contribution >= 4 is 15.5 Å². The third-order valence-electron chi connectivity index (χ3n) is 3.86. The van der Waals surface area contributed by atoms with Crippen LogP contribution < -0.4 is 0 Å². The lowest BCUT2D eigenvalue weighted by molar-refractivity contribution is -0.384. The Kier molecular flexibility index (Phi) is 5.18. The fraction of sp³-hybridized carbons (Fsp3) is 0.600. The van der Waals surface area contributed by atoms with Crippen LogP contribution in [0.15, 0.2) is 24.3 Å². The van der Waals surface area contributed by atoms with Crippen LogP contribution in [0.5, 0.6) is 0 Å². The van der Waals surface area contributed by atoms with Gasteiger partial charge in [-0.25, -0.2) is 8.42 Å². The normalized spacial score (nSPS) is 20.6. The Balaban J connectivity index is 2.11. The largest absolute Gasteiger partial charge is 0.295 e. The number of nitrogens with zero attached hydrogens (tertiary/aromatic N) is 2. The summed E-state index contributed by atoms with van der Waals surface area (Å²) in [6.07, 6.45) is 0.669. The van der Waals surface area contributed by atoms with Gasteiger partial charge in [0.25, 0.3) is 5.69 Å². The molecular formula is C15H22N2O4S.